The molecular weight excluding hydrogens is 447 g/mol. The van der Waals surface area contributed by atoms with Crippen LogP contribution in [0.2, 0.25) is 0 Å². The lowest BCUT2D eigenvalue weighted by atomic mass is 9.93. The quantitative estimate of drug-likeness (QED) is 0.328. The van der Waals surface area contributed by atoms with E-state index in [9.17, 15) is 9.59 Å². The highest BCUT2D eigenvalue weighted by Crippen LogP contribution is 2.33. The van der Waals surface area contributed by atoms with E-state index in [0.29, 0.717) is 56.1 Å². The Morgan fingerprint density at radius 1 is 1.30 bits per heavy atom. The molecule has 1 aliphatic carbocycles. The number of imidazole rings is 1. The van der Waals surface area contributed by atoms with Crippen molar-refractivity contribution in [2.24, 2.45) is 5.92 Å². The number of hydrogen-bond donors (Lipinski definition) is 2. The van der Waals surface area contributed by atoms with Crippen molar-refractivity contribution in [1.29, 1.82) is 0 Å². The highest BCUT2D eigenvalue weighted by molar-refractivity contribution is 7.81. The first-order valence-corrected chi connectivity index (χ1v) is 11.3. The van der Waals surface area contributed by atoms with Crippen molar-refractivity contribution >= 4 is 30.5 Å². The van der Waals surface area contributed by atoms with Crippen LogP contribution in [0.1, 0.15) is 12.6 Å². The molecule has 1 aliphatic heterocycles. The lowest BCUT2D eigenvalue weighted by Gasteiger charge is -2.40. The van der Waals surface area contributed by atoms with E-state index in [1.165, 1.54) is 0 Å². The SMILES string of the molecule is CC1C(n2cc(CNC(S)C=O)nn2)=CC=C(N2CCN(C(=O)Cn3ccnc3)CC2)C1F. The third kappa shape index (κ3) is 5.33. The van der Waals surface area contributed by atoms with Crippen molar-refractivity contribution in [3.8, 4) is 0 Å². The van der Waals surface area contributed by atoms with Crippen LogP contribution in [0.4, 0.5) is 4.39 Å². The molecule has 2 aromatic heterocycles. The zero-order chi connectivity index (χ0) is 23.4. The van der Waals surface area contributed by atoms with Gasteiger partial charge in [-0.2, -0.15) is 12.6 Å². The lowest BCUT2D eigenvalue weighted by molar-refractivity contribution is -0.133. The van der Waals surface area contributed by atoms with E-state index in [4.69, 9.17) is 0 Å². The number of carbonyl (C=O) groups is 2. The van der Waals surface area contributed by atoms with Crippen LogP contribution in [-0.2, 0) is 22.7 Å². The number of carbonyl (C=O) groups excluding carboxylic acids is 2. The number of allylic oxidation sites excluding steroid dienone is 4. The fourth-order valence-corrected chi connectivity index (χ4v) is 4.09. The third-order valence-electron chi connectivity index (χ3n) is 5.91. The van der Waals surface area contributed by atoms with Gasteiger partial charge in [0.25, 0.3) is 0 Å². The van der Waals surface area contributed by atoms with Crippen LogP contribution in [0.15, 0.2) is 42.8 Å². The first kappa shape index (κ1) is 23.2. The summed E-state index contributed by atoms with van der Waals surface area (Å²) in [5, 5.41) is 10.5. The zero-order valence-corrected chi connectivity index (χ0v) is 19.2. The van der Waals surface area contributed by atoms with Gasteiger partial charge in [-0.1, -0.05) is 12.1 Å². The van der Waals surface area contributed by atoms with E-state index in [1.807, 2.05) is 22.8 Å². The molecular formula is C21H27FN8O2S. The fraction of sp³-hybridized carbons (Fsp3) is 0.476. The molecule has 0 bridgehead atoms. The van der Waals surface area contributed by atoms with Gasteiger partial charge in [0.15, 0.2) is 0 Å². The number of halogens is 1. The van der Waals surface area contributed by atoms with Crippen LogP contribution in [0.3, 0.4) is 0 Å². The monoisotopic (exact) mass is 474 g/mol. The third-order valence-corrected chi connectivity index (χ3v) is 6.22. The van der Waals surface area contributed by atoms with E-state index >= 15 is 4.39 Å². The van der Waals surface area contributed by atoms with Crippen molar-refractivity contribution < 1.29 is 14.0 Å². The highest BCUT2D eigenvalue weighted by atomic mass is 32.1. The Labute approximate surface area is 196 Å². The van der Waals surface area contributed by atoms with Crippen LogP contribution in [0.5, 0.6) is 0 Å². The number of rotatable bonds is 8. The smallest absolute Gasteiger partial charge is 0.242 e. The fourth-order valence-electron chi connectivity index (χ4n) is 4.00. The number of aromatic nitrogens is 5. The van der Waals surface area contributed by atoms with E-state index < -0.39 is 17.5 Å². The Bertz CT molecular complexity index is 1030. The minimum absolute atomic E-state index is 0.0338. The minimum atomic E-state index is -1.19. The highest BCUT2D eigenvalue weighted by Gasteiger charge is 2.33. The molecule has 1 amide bonds. The predicted octanol–water partition coefficient (Wildman–Crippen LogP) is 0.576. The molecule has 33 heavy (non-hydrogen) atoms. The van der Waals surface area contributed by atoms with Gasteiger partial charge in [0.1, 0.15) is 24.4 Å². The number of hydrogen-bond acceptors (Lipinski definition) is 8. The Morgan fingerprint density at radius 2 is 2.06 bits per heavy atom. The summed E-state index contributed by atoms with van der Waals surface area (Å²) in [4.78, 5) is 30.9. The van der Waals surface area contributed by atoms with Gasteiger partial charge in [-0.05, 0) is 12.2 Å². The minimum Gasteiger partial charge on any atom is -0.369 e. The maximum absolute atomic E-state index is 15.4. The van der Waals surface area contributed by atoms with Crippen LogP contribution in [0, 0.1) is 5.92 Å². The van der Waals surface area contributed by atoms with Gasteiger partial charge < -0.3 is 19.2 Å². The van der Waals surface area contributed by atoms with Gasteiger partial charge in [-0.3, -0.25) is 10.1 Å². The molecule has 4 rings (SSSR count). The van der Waals surface area contributed by atoms with E-state index in [2.05, 4.69) is 33.2 Å². The Kier molecular flexibility index (Phi) is 7.23. The molecule has 10 nitrogen and oxygen atoms in total. The second kappa shape index (κ2) is 10.3. The predicted molar refractivity (Wildman–Crippen MR) is 122 cm³/mol. The lowest BCUT2D eigenvalue weighted by Crippen LogP contribution is -2.50. The second-order valence-electron chi connectivity index (χ2n) is 8.09. The van der Waals surface area contributed by atoms with E-state index in [1.54, 1.807) is 40.2 Å². The molecule has 3 atom stereocenters. The standard InChI is InChI=1S/C21H27FN8O2S/c1-15-17(30-11-16(25-26-30)10-24-19(33)13-31)2-3-18(21(15)22)28-6-8-29(9-7-28)20(32)12-27-5-4-23-14-27/h2-5,11,13-15,19,21,24,33H,6-10,12H2,1H3. The molecule has 1 saturated heterocycles. The second-order valence-corrected chi connectivity index (χ2v) is 8.65. The molecule has 2 aromatic rings. The summed E-state index contributed by atoms with van der Waals surface area (Å²) in [5.74, 6) is -0.382. The van der Waals surface area contributed by atoms with Crippen LogP contribution in [-0.4, -0.2) is 84.3 Å². The van der Waals surface area contributed by atoms with Crippen LogP contribution < -0.4 is 5.32 Å². The van der Waals surface area contributed by atoms with E-state index in [0.717, 1.165) is 0 Å². The van der Waals surface area contributed by atoms with Crippen molar-refractivity contribution in [2.45, 2.75) is 31.6 Å². The zero-order valence-electron chi connectivity index (χ0n) is 18.3. The normalized spacial score (nSPS) is 22.0. The molecule has 0 radical (unpaired) electrons. The van der Waals surface area contributed by atoms with Crippen molar-refractivity contribution in [3.63, 3.8) is 0 Å². The molecule has 1 fully saturated rings. The van der Waals surface area contributed by atoms with Gasteiger partial charge in [0.2, 0.25) is 5.91 Å². The molecule has 1 N–H and O–H groups in total. The number of nitrogens with one attached hydrogen (secondary N) is 1. The molecule has 176 valence electrons. The average molecular weight is 475 g/mol. The molecule has 2 aliphatic rings. The summed E-state index contributed by atoms with van der Waals surface area (Å²) < 4.78 is 18.7. The summed E-state index contributed by atoms with van der Waals surface area (Å²) in [6.07, 6.45) is 9.90. The summed E-state index contributed by atoms with van der Waals surface area (Å²) in [6.45, 7) is 4.68. The molecule has 3 unspecified atom stereocenters. The first-order valence-electron chi connectivity index (χ1n) is 10.8. The maximum Gasteiger partial charge on any atom is 0.242 e. The molecule has 3 heterocycles. The van der Waals surface area contributed by atoms with Gasteiger partial charge >= 0.3 is 0 Å². The topological polar surface area (TPSA) is 101 Å². The van der Waals surface area contributed by atoms with Crippen LogP contribution in [0.25, 0.3) is 5.70 Å². The molecule has 0 saturated carbocycles. The van der Waals surface area contributed by atoms with Crippen molar-refractivity contribution in [3.05, 3.63) is 48.5 Å². The van der Waals surface area contributed by atoms with Gasteiger partial charge in [0.05, 0.1) is 18.2 Å². The van der Waals surface area contributed by atoms with Crippen molar-refractivity contribution in [2.75, 3.05) is 26.2 Å². The Hall–Kier alpha value is -2.99. The maximum atomic E-state index is 15.4. The van der Waals surface area contributed by atoms with Gasteiger partial charge in [-0.25, -0.2) is 14.1 Å². The number of thiol groups is 1. The Morgan fingerprint density at radius 3 is 2.76 bits per heavy atom. The summed E-state index contributed by atoms with van der Waals surface area (Å²) in [7, 11) is 0. The number of alkyl halides is 1. The van der Waals surface area contributed by atoms with Crippen LogP contribution >= 0.6 is 12.6 Å². The first-order chi connectivity index (χ1) is 16.0. The number of piperazine rings is 1. The molecule has 0 spiro atoms. The summed E-state index contributed by atoms with van der Waals surface area (Å²) >= 11 is 4.06. The molecule has 0 aromatic carbocycles. The number of nitrogens with zero attached hydrogens (tertiary/aromatic N) is 7. The summed E-state index contributed by atoms with van der Waals surface area (Å²) in [5.41, 5.74) is 1.96. The summed E-state index contributed by atoms with van der Waals surface area (Å²) in [6, 6.07) is 0. The largest absolute Gasteiger partial charge is 0.369 e. The van der Waals surface area contributed by atoms with E-state index in [-0.39, 0.29) is 12.5 Å². The average Bonchev–Trinajstić information content (AvgIpc) is 3.51. The Balaban J connectivity index is 1.37. The molecule has 12 heteroatoms. The van der Waals surface area contributed by atoms with Crippen molar-refractivity contribution in [1.82, 2.24) is 39.7 Å². The number of aldehydes is 1. The number of amides is 1. The van der Waals surface area contributed by atoms with Gasteiger partial charge in [-0.15, -0.1) is 5.10 Å². The van der Waals surface area contributed by atoms with Gasteiger partial charge in [0, 0.05) is 62.4 Å².